The molecular formula is C17H19N3O2. The number of aromatic nitrogens is 2. The van der Waals surface area contributed by atoms with E-state index in [0.29, 0.717) is 11.5 Å². The highest BCUT2D eigenvalue weighted by atomic mass is 16.4. The predicted octanol–water partition coefficient (Wildman–Crippen LogP) is 2.47. The number of aromatic carboxylic acids is 1. The summed E-state index contributed by atoms with van der Waals surface area (Å²) in [4.78, 5) is 22.1. The number of likely N-dealkylation sites (tertiary alicyclic amines) is 1. The second kappa shape index (κ2) is 6.23. The SMILES string of the molecule is Cc1ccnc([C@@H]2CCN(Cc3ccc(C(=O)O)cc3)C2)n1. The molecule has 1 fully saturated rings. The monoisotopic (exact) mass is 297 g/mol. The maximum absolute atomic E-state index is 10.9. The number of hydrogen-bond donors (Lipinski definition) is 1. The lowest BCUT2D eigenvalue weighted by molar-refractivity contribution is 0.0697. The molecule has 22 heavy (non-hydrogen) atoms. The minimum Gasteiger partial charge on any atom is -0.478 e. The Labute approximate surface area is 129 Å². The van der Waals surface area contributed by atoms with Gasteiger partial charge < -0.3 is 5.11 Å². The molecule has 0 amide bonds. The summed E-state index contributed by atoms with van der Waals surface area (Å²) in [5.41, 5.74) is 2.47. The highest BCUT2D eigenvalue weighted by Crippen LogP contribution is 2.25. The summed E-state index contributed by atoms with van der Waals surface area (Å²) in [7, 11) is 0. The van der Waals surface area contributed by atoms with E-state index in [2.05, 4.69) is 14.9 Å². The van der Waals surface area contributed by atoms with Gasteiger partial charge in [-0.05, 0) is 43.7 Å². The third-order valence-electron chi connectivity index (χ3n) is 4.06. The molecule has 0 unspecified atom stereocenters. The van der Waals surface area contributed by atoms with Crippen LogP contribution >= 0.6 is 0 Å². The second-order valence-corrected chi connectivity index (χ2v) is 5.78. The maximum Gasteiger partial charge on any atom is 0.335 e. The van der Waals surface area contributed by atoms with Crippen LogP contribution in [0, 0.1) is 6.92 Å². The van der Waals surface area contributed by atoms with E-state index in [9.17, 15) is 4.79 Å². The summed E-state index contributed by atoms with van der Waals surface area (Å²) in [6, 6.07) is 9.02. The van der Waals surface area contributed by atoms with Crippen molar-refractivity contribution in [2.75, 3.05) is 13.1 Å². The molecular weight excluding hydrogens is 278 g/mol. The van der Waals surface area contributed by atoms with E-state index in [-0.39, 0.29) is 0 Å². The number of hydrogen-bond acceptors (Lipinski definition) is 4. The van der Waals surface area contributed by atoms with E-state index in [0.717, 1.165) is 43.1 Å². The van der Waals surface area contributed by atoms with Gasteiger partial charge in [-0.15, -0.1) is 0 Å². The molecule has 2 heterocycles. The molecule has 0 radical (unpaired) electrons. The van der Waals surface area contributed by atoms with Gasteiger partial charge in [-0.3, -0.25) is 4.90 Å². The minimum atomic E-state index is -0.885. The zero-order valence-electron chi connectivity index (χ0n) is 12.6. The summed E-state index contributed by atoms with van der Waals surface area (Å²) in [6.45, 7) is 4.79. The van der Waals surface area contributed by atoms with Crippen LogP contribution in [0.1, 0.15) is 39.8 Å². The molecule has 1 N–H and O–H groups in total. The van der Waals surface area contributed by atoms with Gasteiger partial charge in [0.2, 0.25) is 0 Å². The summed E-state index contributed by atoms with van der Waals surface area (Å²) in [5, 5.41) is 8.92. The van der Waals surface area contributed by atoms with E-state index in [1.165, 1.54) is 0 Å². The number of carbonyl (C=O) groups is 1. The molecule has 0 aliphatic carbocycles. The van der Waals surface area contributed by atoms with E-state index >= 15 is 0 Å². The largest absolute Gasteiger partial charge is 0.478 e. The lowest BCUT2D eigenvalue weighted by Gasteiger charge is -2.16. The Kier molecular flexibility index (Phi) is 4.15. The topological polar surface area (TPSA) is 66.3 Å². The number of nitrogens with zero attached hydrogens (tertiary/aromatic N) is 3. The smallest absolute Gasteiger partial charge is 0.335 e. The Hall–Kier alpha value is -2.27. The van der Waals surface area contributed by atoms with Crippen LogP contribution in [-0.4, -0.2) is 39.0 Å². The van der Waals surface area contributed by atoms with Gasteiger partial charge in [0.15, 0.2) is 0 Å². The van der Waals surface area contributed by atoms with Gasteiger partial charge in [0, 0.05) is 30.9 Å². The minimum absolute atomic E-state index is 0.330. The molecule has 1 saturated heterocycles. The van der Waals surface area contributed by atoms with Crippen molar-refractivity contribution in [1.29, 1.82) is 0 Å². The molecule has 5 heteroatoms. The zero-order chi connectivity index (χ0) is 15.5. The Morgan fingerprint density at radius 1 is 1.32 bits per heavy atom. The first-order chi connectivity index (χ1) is 10.6. The van der Waals surface area contributed by atoms with Crippen LogP contribution in [0.25, 0.3) is 0 Å². The first-order valence-electron chi connectivity index (χ1n) is 7.46. The number of aryl methyl sites for hydroxylation is 1. The van der Waals surface area contributed by atoms with Crippen LogP contribution < -0.4 is 0 Å². The third kappa shape index (κ3) is 3.31. The molecule has 0 spiro atoms. The standard InChI is InChI=1S/C17H19N3O2/c1-12-6-8-18-16(19-12)15-7-9-20(11-15)10-13-2-4-14(5-3-13)17(21)22/h2-6,8,15H,7,9-11H2,1H3,(H,21,22)/t15-/m1/s1. The van der Waals surface area contributed by atoms with Crippen LogP contribution in [0.3, 0.4) is 0 Å². The highest BCUT2D eigenvalue weighted by molar-refractivity contribution is 5.87. The molecule has 1 aliphatic rings. The molecule has 3 rings (SSSR count). The normalized spacial score (nSPS) is 18.5. The summed E-state index contributed by atoms with van der Waals surface area (Å²) in [6.07, 6.45) is 2.89. The maximum atomic E-state index is 10.9. The van der Waals surface area contributed by atoms with E-state index in [1.807, 2.05) is 31.3 Å². The van der Waals surface area contributed by atoms with Gasteiger partial charge in [-0.25, -0.2) is 14.8 Å². The molecule has 5 nitrogen and oxygen atoms in total. The van der Waals surface area contributed by atoms with Crippen molar-refractivity contribution in [2.24, 2.45) is 0 Å². The van der Waals surface area contributed by atoms with Crippen molar-refractivity contribution in [3.63, 3.8) is 0 Å². The molecule has 114 valence electrons. The van der Waals surface area contributed by atoms with Crippen molar-refractivity contribution in [2.45, 2.75) is 25.8 Å². The molecule has 0 saturated carbocycles. The summed E-state index contributed by atoms with van der Waals surface area (Å²) >= 11 is 0. The number of rotatable bonds is 4. The first-order valence-corrected chi connectivity index (χ1v) is 7.46. The average Bonchev–Trinajstić information content (AvgIpc) is 2.96. The molecule has 1 aromatic heterocycles. The second-order valence-electron chi connectivity index (χ2n) is 5.78. The van der Waals surface area contributed by atoms with Crippen LogP contribution in [0.2, 0.25) is 0 Å². The van der Waals surface area contributed by atoms with Crippen LogP contribution in [0.5, 0.6) is 0 Å². The van der Waals surface area contributed by atoms with Crippen molar-refractivity contribution in [1.82, 2.24) is 14.9 Å². The fraction of sp³-hybridized carbons (Fsp3) is 0.353. The van der Waals surface area contributed by atoms with Crippen LogP contribution in [-0.2, 0) is 6.54 Å². The summed E-state index contributed by atoms with van der Waals surface area (Å²) in [5.74, 6) is 0.436. The van der Waals surface area contributed by atoms with Crippen molar-refractivity contribution < 1.29 is 9.90 Å². The Morgan fingerprint density at radius 3 is 2.77 bits per heavy atom. The Bertz CT molecular complexity index is 670. The molecule has 0 bridgehead atoms. The van der Waals surface area contributed by atoms with Crippen molar-refractivity contribution >= 4 is 5.97 Å². The van der Waals surface area contributed by atoms with E-state index in [1.54, 1.807) is 12.1 Å². The fourth-order valence-corrected chi connectivity index (χ4v) is 2.86. The third-order valence-corrected chi connectivity index (χ3v) is 4.06. The highest BCUT2D eigenvalue weighted by Gasteiger charge is 2.25. The Morgan fingerprint density at radius 2 is 2.09 bits per heavy atom. The summed E-state index contributed by atoms with van der Waals surface area (Å²) < 4.78 is 0. The van der Waals surface area contributed by atoms with Crippen LogP contribution in [0.15, 0.2) is 36.5 Å². The van der Waals surface area contributed by atoms with Crippen molar-refractivity contribution in [3.05, 3.63) is 59.2 Å². The molecule has 1 aromatic carbocycles. The van der Waals surface area contributed by atoms with Gasteiger partial charge in [0.05, 0.1) is 5.56 Å². The number of carboxylic acid groups (broad SMARTS) is 1. The van der Waals surface area contributed by atoms with Gasteiger partial charge in [-0.1, -0.05) is 12.1 Å². The average molecular weight is 297 g/mol. The van der Waals surface area contributed by atoms with Gasteiger partial charge in [0.25, 0.3) is 0 Å². The lowest BCUT2D eigenvalue weighted by Crippen LogP contribution is -2.20. The molecule has 1 aliphatic heterocycles. The predicted molar refractivity (Wildman–Crippen MR) is 82.8 cm³/mol. The Balaban J connectivity index is 1.62. The van der Waals surface area contributed by atoms with E-state index < -0.39 is 5.97 Å². The lowest BCUT2D eigenvalue weighted by atomic mass is 10.1. The number of benzene rings is 1. The van der Waals surface area contributed by atoms with E-state index in [4.69, 9.17) is 5.11 Å². The molecule has 2 aromatic rings. The van der Waals surface area contributed by atoms with Crippen molar-refractivity contribution in [3.8, 4) is 0 Å². The van der Waals surface area contributed by atoms with Crippen LogP contribution in [0.4, 0.5) is 0 Å². The number of carboxylic acids is 1. The zero-order valence-corrected chi connectivity index (χ0v) is 12.6. The fourth-order valence-electron chi connectivity index (χ4n) is 2.86. The van der Waals surface area contributed by atoms with Gasteiger partial charge >= 0.3 is 5.97 Å². The quantitative estimate of drug-likeness (QED) is 0.939. The first kappa shape index (κ1) is 14.7. The van der Waals surface area contributed by atoms with Gasteiger partial charge in [-0.2, -0.15) is 0 Å². The van der Waals surface area contributed by atoms with Gasteiger partial charge in [0.1, 0.15) is 5.82 Å². The molecule has 1 atom stereocenters.